The van der Waals surface area contributed by atoms with Crippen LogP contribution in [0.3, 0.4) is 0 Å². The third-order valence-electron chi connectivity index (χ3n) is 3.27. The first-order valence-corrected chi connectivity index (χ1v) is 9.45. The van der Waals surface area contributed by atoms with Gasteiger partial charge in [-0.15, -0.1) is 0 Å². The van der Waals surface area contributed by atoms with Crippen LogP contribution in [0.25, 0.3) is 6.08 Å². The zero-order valence-electron chi connectivity index (χ0n) is 13.3. The van der Waals surface area contributed by atoms with E-state index in [0.717, 1.165) is 0 Å². The molecular weight excluding hydrogens is 566 g/mol. The third-order valence-corrected chi connectivity index (χ3v) is 4.88. The second kappa shape index (κ2) is 9.21. The van der Waals surface area contributed by atoms with E-state index < -0.39 is 11.9 Å². The Morgan fingerprint density at radius 1 is 1.15 bits per heavy atom. The van der Waals surface area contributed by atoms with Crippen LogP contribution in [0, 0.1) is 7.14 Å². The quantitative estimate of drug-likeness (QED) is 0.308. The van der Waals surface area contributed by atoms with E-state index in [1.165, 1.54) is 24.3 Å². The highest BCUT2D eigenvalue weighted by Gasteiger charge is 2.14. The summed E-state index contributed by atoms with van der Waals surface area (Å²) in [6, 6.07) is 7.39. The smallest absolute Gasteiger partial charge is 0.342 e. The van der Waals surface area contributed by atoms with Gasteiger partial charge in [0.05, 0.1) is 13.1 Å². The second-order valence-corrected chi connectivity index (χ2v) is 7.35. The minimum absolute atomic E-state index is 0.0367. The zero-order chi connectivity index (χ0) is 19.3. The van der Waals surface area contributed by atoms with Crippen LogP contribution in [0.2, 0.25) is 0 Å². The van der Waals surface area contributed by atoms with Gasteiger partial charge in [-0.05, 0) is 80.6 Å². The molecule has 1 N–H and O–H groups in total. The van der Waals surface area contributed by atoms with Crippen molar-refractivity contribution in [2.24, 2.45) is 0 Å². The van der Waals surface area contributed by atoms with Gasteiger partial charge in [-0.3, -0.25) is 0 Å². The molecule has 6 nitrogen and oxygen atoms in total. The van der Waals surface area contributed by atoms with Crippen molar-refractivity contribution in [1.82, 2.24) is 0 Å². The van der Waals surface area contributed by atoms with Gasteiger partial charge in [-0.25, -0.2) is 4.79 Å². The summed E-state index contributed by atoms with van der Waals surface area (Å²) in [5.41, 5.74) is 0.795. The van der Waals surface area contributed by atoms with E-state index in [4.69, 9.17) is 9.47 Å². The van der Waals surface area contributed by atoms with Gasteiger partial charge in [0.25, 0.3) is 0 Å². The standard InChI is InChI=1S/C18H14I2O6/c1-2-10-3-4-15(21)12(7-10)18(24)26-6-5-25-16-13(19)8-11(17(22)23)9-14(16)20/h2-4,7-9,21H,1,5-6H2,(H,22,23)/p-1. The molecule has 2 aromatic carbocycles. The van der Waals surface area contributed by atoms with Crippen molar-refractivity contribution in [2.45, 2.75) is 0 Å². The van der Waals surface area contributed by atoms with Crippen LogP contribution in [-0.4, -0.2) is 30.3 Å². The molecule has 0 saturated heterocycles. The zero-order valence-corrected chi connectivity index (χ0v) is 17.6. The highest BCUT2D eigenvalue weighted by atomic mass is 127. The fraction of sp³-hybridized carbons (Fsp3) is 0.111. The Bertz CT molecular complexity index is 840. The number of esters is 1. The molecule has 2 aromatic rings. The first-order chi connectivity index (χ1) is 12.3. The number of ether oxygens (including phenoxy) is 2. The van der Waals surface area contributed by atoms with Gasteiger partial charge in [0.2, 0.25) is 0 Å². The number of rotatable bonds is 7. The average Bonchev–Trinajstić information content (AvgIpc) is 2.60. The molecule has 0 unspecified atom stereocenters. The van der Waals surface area contributed by atoms with Gasteiger partial charge in [0.1, 0.15) is 30.3 Å². The maximum atomic E-state index is 12.1. The summed E-state index contributed by atoms with van der Waals surface area (Å²) in [6.07, 6.45) is 1.56. The Kier molecular flexibility index (Phi) is 7.26. The number of carbonyl (C=O) groups excluding carboxylic acids is 2. The van der Waals surface area contributed by atoms with E-state index in [0.29, 0.717) is 18.5 Å². The van der Waals surface area contributed by atoms with Gasteiger partial charge < -0.3 is 24.5 Å². The first kappa shape index (κ1) is 20.5. The van der Waals surface area contributed by atoms with Gasteiger partial charge in [0, 0.05) is 0 Å². The van der Waals surface area contributed by atoms with E-state index in [-0.39, 0.29) is 30.1 Å². The Hall–Kier alpha value is -1.82. The lowest BCUT2D eigenvalue weighted by Gasteiger charge is -2.13. The number of carbonyl (C=O) groups is 2. The van der Waals surface area contributed by atoms with E-state index in [1.54, 1.807) is 12.1 Å². The summed E-state index contributed by atoms with van der Waals surface area (Å²) >= 11 is 3.92. The molecule has 0 saturated carbocycles. The number of phenolic OH excluding ortho intramolecular Hbond substituents is 1. The van der Waals surface area contributed by atoms with Crippen LogP contribution in [0.5, 0.6) is 11.5 Å². The van der Waals surface area contributed by atoms with Crippen LogP contribution in [0.1, 0.15) is 26.3 Å². The fourth-order valence-electron chi connectivity index (χ4n) is 2.02. The monoisotopic (exact) mass is 579 g/mol. The number of carboxylic acids is 1. The number of aromatic carboxylic acids is 1. The van der Waals surface area contributed by atoms with Gasteiger partial charge in [-0.2, -0.15) is 0 Å². The largest absolute Gasteiger partial charge is 0.545 e. The van der Waals surface area contributed by atoms with E-state index >= 15 is 0 Å². The number of carboxylic acid groups (broad SMARTS) is 1. The molecule has 0 fully saturated rings. The minimum atomic E-state index is -1.26. The van der Waals surface area contributed by atoms with E-state index in [1.807, 2.05) is 45.2 Å². The lowest BCUT2D eigenvalue weighted by molar-refractivity contribution is -0.255. The number of benzene rings is 2. The predicted octanol–water partition coefficient (Wildman–Crippen LogP) is 2.84. The number of hydrogen-bond donors (Lipinski definition) is 1. The van der Waals surface area contributed by atoms with Gasteiger partial charge in [0.15, 0.2) is 0 Å². The number of hydrogen-bond acceptors (Lipinski definition) is 6. The lowest BCUT2D eigenvalue weighted by atomic mass is 10.1. The predicted molar refractivity (Wildman–Crippen MR) is 110 cm³/mol. The molecule has 0 radical (unpaired) electrons. The summed E-state index contributed by atoms with van der Waals surface area (Å²) in [5.74, 6) is -1.61. The summed E-state index contributed by atoms with van der Waals surface area (Å²) in [5, 5.41) is 20.7. The third kappa shape index (κ3) is 5.10. The maximum absolute atomic E-state index is 12.1. The highest BCUT2D eigenvalue weighted by molar-refractivity contribution is 14.1. The molecule has 0 spiro atoms. The molecule has 0 aliphatic heterocycles. The molecule has 0 bridgehead atoms. The molecule has 0 atom stereocenters. The number of halogens is 2. The molecular formula is C18H13I2O6-. The summed E-state index contributed by atoms with van der Waals surface area (Å²) in [4.78, 5) is 23.0. The Labute approximate surface area is 177 Å². The van der Waals surface area contributed by atoms with E-state index in [9.17, 15) is 19.8 Å². The first-order valence-electron chi connectivity index (χ1n) is 7.29. The molecule has 2 rings (SSSR count). The van der Waals surface area contributed by atoms with Crippen LogP contribution in [-0.2, 0) is 4.74 Å². The average molecular weight is 579 g/mol. The molecule has 0 aliphatic rings. The molecule has 0 amide bonds. The fourth-order valence-corrected chi connectivity index (χ4v) is 4.10. The summed E-state index contributed by atoms with van der Waals surface area (Å²) < 4.78 is 11.9. The lowest BCUT2D eigenvalue weighted by Crippen LogP contribution is -2.22. The molecule has 26 heavy (non-hydrogen) atoms. The number of phenols is 1. The van der Waals surface area contributed by atoms with Crippen molar-refractivity contribution in [1.29, 1.82) is 0 Å². The SMILES string of the molecule is C=Cc1ccc(O)c(C(=O)OCCOc2c(I)cc(C(=O)[O-])cc2I)c1. The Balaban J connectivity index is 1.96. The summed E-state index contributed by atoms with van der Waals surface area (Å²) in [7, 11) is 0. The van der Waals surface area contributed by atoms with Crippen molar-refractivity contribution in [2.75, 3.05) is 13.2 Å². The van der Waals surface area contributed by atoms with Crippen LogP contribution in [0.4, 0.5) is 0 Å². The van der Waals surface area contributed by atoms with Crippen LogP contribution in [0.15, 0.2) is 36.9 Å². The molecule has 0 aromatic heterocycles. The normalized spacial score (nSPS) is 10.2. The molecule has 136 valence electrons. The Morgan fingerprint density at radius 3 is 2.38 bits per heavy atom. The molecule has 8 heteroatoms. The van der Waals surface area contributed by atoms with Crippen molar-refractivity contribution in [3.05, 3.63) is 60.7 Å². The van der Waals surface area contributed by atoms with E-state index in [2.05, 4.69) is 6.58 Å². The molecule has 0 heterocycles. The number of aromatic hydroxyl groups is 1. The van der Waals surface area contributed by atoms with Gasteiger partial charge in [-0.1, -0.05) is 18.7 Å². The topological polar surface area (TPSA) is 95.9 Å². The van der Waals surface area contributed by atoms with Crippen molar-refractivity contribution >= 4 is 63.2 Å². The van der Waals surface area contributed by atoms with Crippen LogP contribution < -0.4 is 9.84 Å². The van der Waals surface area contributed by atoms with Crippen molar-refractivity contribution in [3.63, 3.8) is 0 Å². The van der Waals surface area contributed by atoms with Gasteiger partial charge >= 0.3 is 5.97 Å². The minimum Gasteiger partial charge on any atom is -0.545 e. The second-order valence-electron chi connectivity index (χ2n) is 5.02. The van der Waals surface area contributed by atoms with Crippen molar-refractivity contribution in [3.8, 4) is 11.5 Å². The summed E-state index contributed by atoms with van der Waals surface area (Å²) in [6.45, 7) is 3.64. The molecule has 0 aliphatic carbocycles. The van der Waals surface area contributed by atoms with Crippen molar-refractivity contribution < 1.29 is 29.3 Å². The maximum Gasteiger partial charge on any atom is 0.342 e. The Morgan fingerprint density at radius 2 is 1.81 bits per heavy atom. The van der Waals surface area contributed by atoms with Crippen LogP contribution >= 0.6 is 45.2 Å². The highest BCUT2D eigenvalue weighted by Crippen LogP contribution is 2.29.